The maximum Gasteiger partial charge on any atom is 0.288 e. The van der Waals surface area contributed by atoms with Crippen LogP contribution in [0.15, 0.2) is 76.5 Å². The number of carbonyl (C=O) groups excluding carboxylic acids is 3. The summed E-state index contributed by atoms with van der Waals surface area (Å²) in [5, 5.41) is 14.3. The van der Waals surface area contributed by atoms with E-state index in [0.29, 0.717) is 33.6 Å². The molecule has 0 unspecified atom stereocenters. The number of hydrogen-bond donors (Lipinski definition) is 1. The Morgan fingerprint density at radius 1 is 1.12 bits per heavy atom. The van der Waals surface area contributed by atoms with Gasteiger partial charge in [0.2, 0.25) is 5.91 Å². The summed E-state index contributed by atoms with van der Waals surface area (Å²) in [6.07, 6.45) is 3.92. The van der Waals surface area contributed by atoms with Gasteiger partial charge in [0.15, 0.2) is 6.61 Å². The van der Waals surface area contributed by atoms with E-state index < -0.39 is 21.8 Å². The van der Waals surface area contributed by atoms with Gasteiger partial charge in [0.1, 0.15) is 16.3 Å². The molecule has 4 aromatic rings. The third-order valence-corrected chi connectivity index (χ3v) is 8.33. The van der Waals surface area contributed by atoms with E-state index in [9.17, 15) is 22.8 Å². The lowest BCUT2D eigenvalue weighted by molar-refractivity contribution is -0.138. The molecule has 0 bridgehead atoms. The van der Waals surface area contributed by atoms with Crippen molar-refractivity contribution in [2.24, 2.45) is 0 Å². The molecule has 1 aliphatic heterocycles. The van der Waals surface area contributed by atoms with Crippen LogP contribution in [0.25, 0.3) is 11.3 Å². The Balaban J connectivity index is 1.39. The molecule has 5 rings (SSSR count). The minimum atomic E-state index is -4.24. The summed E-state index contributed by atoms with van der Waals surface area (Å²) in [7, 11) is -4.24. The van der Waals surface area contributed by atoms with Crippen LogP contribution in [-0.2, 0) is 19.6 Å². The highest BCUT2D eigenvalue weighted by Crippen LogP contribution is 2.29. The number of aromatic nitrogens is 5. The highest BCUT2D eigenvalue weighted by molar-refractivity contribution is 9.10. The lowest BCUT2D eigenvalue weighted by Crippen LogP contribution is -2.61. The fourth-order valence-electron chi connectivity index (χ4n) is 4.20. The molecule has 0 spiro atoms. The van der Waals surface area contributed by atoms with Crippen molar-refractivity contribution in [1.29, 1.82) is 0 Å². The molecule has 0 saturated carbocycles. The van der Waals surface area contributed by atoms with Crippen LogP contribution >= 0.6 is 15.9 Å². The molecule has 1 fully saturated rings. The molecule has 0 radical (unpaired) electrons. The van der Waals surface area contributed by atoms with E-state index in [2.05, 4.69) is 36.7 Å². The number of hydrogen-bond acceptors (Lipinski definition) is 9. The van der Waals surface area contributed by atoms with E-state index >= 15 is 0 Å². The molecule has 1 saturated heterocycles. The number of nitrogens with one attached hydrogen (secondary N) is 1. The molecule has 3 heterocycles. The predicted molar refractivity (Wildman–Crippen MR) is 148 cm³/mol. The number of halogens is 1. The molecule has 2 aromatic carbocycles. The van der Waals surface area contributed by atoms with Gasteiger partial charge in [-0.3, -0.25) is 14.4 Å². The van der Waals surface area contributed by atoms with Crippen molar-refractivity contribution in [2.45, 2.75) is 24.3 Å². The normalized spacial score (nSPS) is 13.5. The van der Waals surface area contributed by atoms with E-state index in [1.165, 1.54) is 24.5 Å². The average molecular weight is 642 g/mol. The van der Waals surface area contributed by atoms with Crippen LogP contribution in [0.2, 0.25) is 0 Å². The summed E-state index contributed by atoms with van der Waals surface area (Å²) in [6.45, 7) is 2.27. The Labute approximate surface area is 243 Å². The molecule has 15 heteroatoms. The second kappa shape index (κ2) is 11.6. The van der Waals surface area contributed by atoms with Crippen LogP contribution in [0.5, 0.6) is 5.75 Å². The van der Waals surface area contributed by atoms with Gasteiger partial charge in [0, 0.05) is 29.5 Å². The highest BCUT2D eigenvalue weighted by Gasteiger charge is 2.31. The monoisotopic (exact) mass is 641 g/mol. The first kappa shape index (κ1) is 28.2. The molecule has 13 nitrogen and oxygen atoms in total. The zero-order chi connectivity index (χ0) is 29.1. The fraction of sp³-hybridized carbons (Fsp3) is 0.231. The van der Waals surface area contributed by atoms with Crippen molar-refractivity contribution in [3.05, 3.63) is 77.2 Å². The zero-order valence-corrected chi connectivity index (χ0v) is 24.1. The molecule has 1 N–H and O–H groups in total. The molecule has 0 aliphatic carbocycles. The highest BCUT2D eigenvalue weighted by atomic mass is 79.9. The van der Waals surface area contributed by atoms with Crippen molar-refractivity contribution in [3.63, 3.8) is 0 Å². The first-order chi connectivity index (χ1) is 19.7. The average Bonchev–Trinajstić information content (AvgIpc) is 3.66. The molecule has 212 valence electrons. The maximum atomic E-state index is 13.7. The molecule has 2 amide bonds. The second-order valence-electron chi connectivity index (χ2n) is 9.08. The number of rotatable bonds is 9. The van der Waals surface area contributed by atoms with Crippen LogP contribution in [-0.4, -0.2) is 81.0 Å². The Kier molecular flexibility index (Phi) is 7.99. The number of nitrogens with zero attached hydrogens (tertiary/aromatic N) is 6. The van der Waals surface area contributed by atoms with Gasteiger partial charge < -0.3 is 15.0 Å². The Morgan fingerprint density at radius 3 is 2.56 bits per heavy atom. The summed E-state index contributed by atoms with van der Waals surface area (Å²) in [6, 6.07) is 13.0. The molecule has 2 aromatic heterocycles. The molecule has 0 atom stereocenters. The van der Waals surface area contributed by atoms with E-state index in [1.54, 1.807) is 48.2 Å². The minimum absolute atomic E-state index is 0.0241. The lowest BCUT2D eigenvalue weighted by Gasteiger charge is -2.39. The Morgan fingerprint density at radius 2 is 1.88 bits per heavy atom. The van der Waals surface area contributed by atoms with Crippen molar-refractivity contribution < 1.29 is 27.5 Å². The molecular formula is C26H24BrN7O6S. The van der Waals surface area contributed by atoms with Crippen molar-refractivity contribution in [1.82, 2.24) is 34.4 Å². The van der Waals surface area contributed by atoms with Crippen molar-refractivity contribution >= 4 is 43.7 Å². The zero-order valence-electron chi connectivity index (χ0n) is 21.7. The maximum absolute atomic E-state index is 13.7. The fourth-order valence-corrected chi connectivity index (χ4v) is 5.75. The van der Waals surface area contributed by atoms with E-state index in [-0.39, 0.29) is 40.5 Å². The Bertz CT molecular complexity index is 1700. The quantitative estimate of drug-likeness (QED) is 0.288. The predicted octanol–water partition coefficient (Wildman–Crippen LogP) is 1.95. The summed E-state index contributed by atoms with van der Waals surface area (Å²) < 4.78 is 34.6. The summed E-state index contributed by atoms with van der Waals surface area (Å²) in [5.74, 6) is -0.975. The summed E-state index contributed by atoms with van der Waals surface area (Å²) in [4.78, 5) is 39.3. The number of ether oxygens (including phenoxy) is 1. The number of amides is 2. The molecule has 41 heavy (non-hydrogen) atoms. The summed E-state index contributed by atoms with van der Waals surface area (Å²) in [5.41, 5.74) is 0.556. The van der Waals surface area contributed by atoms with Crippen LogP contribution in [0.3, 0.4) is 0 Å². The Hall–Kier alpha value is -4.37. The van der Waals surface area contributed by atoms with Gasteiger partial charge in [-0.2, -0.15) is 13.5 Å². The van der Waals surface area contributed by atoms with Gasteiger partial charge in [0.05, 0.1) is 30.2 Å². The third-order valence-electron chi connectivity index (χ3n) is 6.29. The van der Waals surface area contributed by atoms with Gasteiger partial charge in [-0.05, 0) is 18.2 Å². The minimum Gasteiger partial charge on any atom is -0.483 e. The topological polar surface area (TPSA) is 158 Å². The number of likely N-dealkylation sites (tertiary alicyclic amines) is 1. The van der Waals surface area contributed by atoms with Gasteiger partial charge in [0.25, 0.3) is 21.8 Å². The van der Waals surface area contributed by atoms with Gasteiger partial charge in [-0.1, -0.05) is 58.4 Å². The van der Waals surface area contributed by atoms with Crippen molar-refractivity contribution in [2.75, 3.05) is 19.7 Å². The van der Waals surface area contributed by atoms with E-state index in [1.807, 2.05) is 0 Å². The van der Waals surface area contributed by atoms with Crippen LogP contribution in [0.1, 0.15) is 23.7 Å². The van der Waals surface area contributed by atoms with Crippen LogP contribution in [0.4, 0.5) is 0 Å². The largest absolute Gasteiger partial charge is 0.483 e. The van der Waals surface area contributed by atoms with Gasteiger partial charge in [-0.15, -0.1) is 9.19 Å². The van der Waals surface area contributed by atoms with Crippen molar-refractivity contribution in [3.8, 4) is 17.0 Å². The standard InChI is InChI=1S/C26H24BrN7O6S/c1-2-24(36)32-13-19(14-32)29-23(35)16-40-21-9-8-18(27)12-20(21)26(37)33-15-22(41(38,39)34-11-10-28-31-34)25(30-33)17-6-4-3-5-7-17/h3-12,15,19H,2,13-14,16H2,1H3,(H,29,35). The first-order valence-corrected chi connectivity index (χ1v) is 14.7. The van der Waals surface area contributed by atoms with E-state index in [0.717, 1.165) is 10.9 Å². The molecular weight excluding hydrogens is 618 g/mol. The second-order valence-corrected chi connectivity index (χ2v) is 11.8. The number of benzene rings is 2. The van der Waals surface area contributed by atoms with E-state index in [4.69, 9.17) is 4.74 Å². The third kappa shape index (κ3) is 5.90. The smallest absolute Gasteiger partial charge is 0.288 e. The lowest BCUT2D eigenvalue weighted by atomic mass is 10.1. The van der Waals surface area contributed by atoms with Gasteiger partial charge >= 0.3 is 0 Å². The van der Waals surface area contributed by atoms with Gasteiger partial charge in [-0.25, -0.2) is 4.68 Å². The number of carbonyl (C=O) groups is 3. The SMILES string of the molecule is CCC(=O)N1CC(NC(=O)COc2ccc(Br)cc2C(=O)n2cc(S(=O)(=O)n3ccnn3)c(-c3ccccc3)n2)C1. The molecule has 1 aliphatic rings. The first-order valence-electron chi connectivity index (χ1n) is 12.5. The van der Waals surface area contributed by atoms with Crippen LogP contribution < -0.4 is 10.1 Å². The van der Waals surface area contributed by atoms with Crippen LogP contribution in [0, 0.1) is 0 Å². The summed E-state index contributed by atoms with van der Waals surface area (Å²) >= 11 is 3.34.